The van der Waals surface area contributed by atoms with Crippen LogP contribution in [0.3, 0.4) is 0 Å². The minimum absolute atomic E-state index is 0.469. The molecule has 25 heavy (non-hydrogen) atoms. The Bertz CT molecular complexity index is 992. The van der Waals surface area contributed by atoms with Gasteiger partial charge in [0.15, 0.2) is 0 Å². The third-order valence-corrected chi connectivity index (χ3v) is 6.33. The van der Waals surface area contributed by atoms with Gasteiger partial charge in [-0.15, -0.1) is 32.9 Å². The summed E-state index contributed by atoms with van der Waals surface area (Å²) in [6.07, 6.45) is 0.538. The van der Waals surface area contributed by atoms with Crippen molar-refractivity contribution in [1.29, 1.82) is 0 Å². The van der Waals surface area contributed by atoms with E-state index in [0.717, 1.165) is 20.1 Å². The Hall–Kier alpha value is -1.56. The van der Waals surface area contributed by atoms with Crippen molar-refractivity contribution in [2.45, 2.75) is 24.3 Å². The molecule has 4 heterocycles. The summed E-state index contributed by atoms with van der Waals surface area (Å²) < 4.78 is 11.9. The maximum atomic E-state index is 5.62. The van der Waals surface area contributed by atoms with Crippen LogP contribution in [0.25, 0.3) is 10.7 Å². The van der Waals surface area contributed by atoms with Gasteiger partial charge in [-0.2, -0.15) is 4.98 Å². The average Bonchev–Trinajstić information content (AvgIpc) is 3.34. The van der Waals surface area contributed by atoms with Gasteiger partial charge in [0.1, 0.15) is 0 Å². The topological polar surface area (TPSA) is 90.7 Å². The average molecular weight is 456 g/mol. The van der Waals surface area contributed by atoms with Crippen molar-refractivity contribution in [1.82, 2.24) is 25.3 Å². The lowest BCUT2D eigenvalue weighted by molar-refractivity contribution is 0.389. The normalized spacial score (nSPS) is 11.3. The van der Waals surface area contributed by atoms with Gasteiger partial charge in [0.05, 0.1) is 27.8 Å². The zero-order valence-electron chi connectivity index (χ0n) is 12.8. The minimum atomic E-state index is 0.469. The molecular weight excluding hydrogens is 446 g/mol. The van der Waals surface area contributed by atoms with E-state index in [1.165, 1.54) is 11.8 Å². The molecule has 11 heteroatoms. The molecule has 0 atom stereocenters. The molecule has 0 N–H and O–H groups in total. The molecule has 4 aromatic rings. The molecule has 0 radical (unpaired) electrons. The van der Waals surface area contributed by atoms with Gasteiger partial charge in [0, 0.05) is 15.2 Å². The van der Waals surface area contributed by atoms with E-state index in [0.29, 0.717) is 35.0 Å². The van der Waals surface area contributed by atoms with Crippen molar-refractivity contribution in [3.05, 3.63) is 43.8 Å². The van der Waals surface area contributed by atoms with Gasteiger partial charge in [0.2, 0.25) is 17.6 Å². The molecule has 128 valence electrons. The van der Waals surface area contributed by atoms with Crippen molar-refractivity contribution in [2.24, 2.45) is 0 Å². The van der Waals surface area contributed by atoms with Crippen LogP contribution in [0.2, 0.25) is 0 Å². The van der Waals surface area contributed by atoms with Crippen molar-refractivity contribution in [3.8, 4) is 10.7 Å². The molecule has 0 spiro atoms. The van der Waals surface area contributed by atoms with Gasteiger partial charge < -0.3 is 8.94 Å². The van der Waals surface area contributed by atoms with Crippen LogP contribution in [0, 0.1) is 6.92 Å². The summed E-state index contributed by atoms with van der Waals surface area (Å²) in [5, 5.41) is 17.5. The summed E-state index contributed by atoms with van der Waals surface area (Å²) in [5.74, 6) is 2.11. The van der Waals surface area contributed by atoms with E-state index in [9.17, 15) is 0 Å². The van der Waals surface area contributed by atoms with Crippen LogP contribution in [-0.2, 0) is 12.2 Å². The molecule has 0 aliphatic carbocycles. The number of halogens is 1. The minimum Gasteiger partial charge on any atom is -0.416 e. The number of thiazole rings is 1. The van der Waals surface area contributed by atoms with E-state index in [2.05, 4.69) is 41.3 Å². The molecule has 0 saturated carbocycles. The Morgan fingerprint density at radius 2 is 2.08 bits per heavy atom. The first-order valence-electron chi connectivity index (χ1n) is 7.09. The zero-order chi connectivity index (χ0) is 17.2. The SMILES string of the molecule is Cc1nc(Cc2nnc(SCc3nc(-c4cc(Br)cs4)no3)o2)cs1. The fraction of sp³-hybridized carbons (Fsp3) is 0.214. The van der Waals surface area contributed by atoms with E-state index in [-0.39, 0.29) is 0 Å². The molecule has 0 amide bonds. The maximum absolute atomic E-state index is 5.62. The van der Waals surface area contributed by atoms with E-state index >= 15 is 0 Å². The lowest BCUT2D eigenvalue weighted by Gasteiger charge is -1.90. The van der Waals surface area contributed by atoms with Crippen molar-refractivity contribution >= 4 is 50.4 Å². The molecule has 4 rings (SSSR count). The number of rotatable bonds is 6. The van der Waals surface area contributed by atoms with Gasteiger partial charge in [-0.05, 0) is 28.9 Å². The summed E-state index contributed by atoms with van der Waals surface area (Å²) in [7, 11) is 0. The first-order valence-corrected chi connectivity index (χ1v) is 10.6. The lowest BCUT2D eigenvalue weighted by Crippen LogP contribution is -1.88. The largest absolute Gasteiger partial charge is 0.416 e. The molecule has 0 fully saturated rings. The van der Waals surface area contributed by atoms with Crippen LogP contribution in [0.5, 0.6) is 0 Å². The molecule has 0 unspecified atom stereocenters. The van der Waals surface area contributed by atoms with Crippen LogP contribution in [-0.4, -0.2) is 25.3 Å². The molecular formula is C14H10BrN5O2S3. The quantitative estimate of drug-likeness (QED) is 0.389. The third-order valence-electron chi connectivity index (χ3n) is 3.02. The number of nitrogens with zero attached hydrogens (tertiary/aromatic N) is 5. The van der Waals surface area contributed by atoms with Crippen LogP contribution >= 0.6 is 50.4 Å². The summed E-state index contributed by atoms with van der Waals surface area (Å²) in [4.78, 5) is 9.72. The highest BCUT2D eigenvalue weighted by atomic mass is 79.9. The second kappa shape index (κ2) is 7.36. The lowest BCUT2D eigenvalue weighted by atomic mass is 10.3. The van der Waals surface area contributed by atoms with Crippen LogP contribution in [0.15, 0.2) is 35.5 Å². The fourth-order valence-electron chi connectivity index (χ4n) is 1.98. The molecule has 0 bridgehead atoms. The number of aromatic nitrogens is 5. The summed E-state index contributed by atoms with van der Waals surface area (Å²) in [6.45, 7) is 1.97. The standard InChI is InChI=1S/C14H10BrN5O2S3/c1-7-16-9(5-23-7)3-11-18-19-14(21-11)25-6-12-17-13(20-22-12)10-2-8(15)4-24-10/h2,4-5H,3,6H2,1H3. The molecule has 0 saturated heterocycles. The van der Waals surface area contributed by atoms with Crippen LogP contribution < -0.4 is 0 Å². The highest BCUT2D eigenvalue weighted by molar-refractivity contribution is 9.10. The predicted molar refractivity (Wildman–Crippen MR) is 98.8 cm³/mol. The summed E-state index contributed by atoms with van der Waals surface area (Å²) >= 11 is 7.93. The smallest absolute Gasteiger partial charge is 0.277 e. The zero-order valence-corrected chi connectivity index (χ0v) is 16.8. The Labute approximate surface area is 163 Å². The number of aryl methyl sites for hydroxylation is 1. The number of thiophene rings is 1. The van der Waals surface area contributed by atoms with Gasteiger partial charge in [-0.25, -0.2) is 4.98 Å². The van der Waals surface area contributed by atoms with E-state index in [1.54, 1.807) is 22.7 Å². The van der Waals surface area contributed by atoms with E-state index in [1.807, 2.05) is 23.8 Å². The first-order chi connectivity index (χ1) is 12.2. The van der Waals surface area contributed by atoms with E-state index in [4.69, 9.17) is 8.94 Å². The molecule has 0 aliphatic heterocycles. The van der Waals surface area contributed by atoms with Gasteiger partial charge >= 0.3 is 0 Å². The van der Waals surface area contributed by atoms with Crippen molar-refractivity contribution in [2.75, 3.05) is 0 Å². The monoisotopic (exact) mass is 455 g/mol. The maximum Gasteiger partial charge on any atom is 0.277 e. The first kappa shape index (κ1) is 16.9. The van der Waals surface area contributed by atoms with Gasteiger partial charge in [-0.1, -0.05) is 16.9 Å². The number of hydrogen-bond donors (Lipinski definition) is 0. The van der Waals surface area contributed by atoms with Crippen molar-refractivity contribution in [3.63, 3.8) is 0 Å². The highest BCUT2D eigenvalue weighted by Crippen LogP contribution is 2.29. The molecule has 4 aromatic heterocycles. The summed E-state index contributed by atoms with van der Waals surface area (Å²) in [5.41, 5.74) is 0.936. The molecule has 0 aliphatic rings. The highest BCUT2D eigenvalue weighted by Gasteiger charge is 2.14. The third kappa shape index (κ3) is 4.17. The van der Waals surface area contributed by atoms with Crippen LogP contribution in [0.4, 0.5) is 0 Å². The Kier molecular flexibility index (Phi) is 4.97. The Morgan fingerprint density at radius 3 is 2.84 bits per heavy atom. The Morgan fingerprint density at radius 1 is 1.16 bits per heavy atom. The molecule has 7 nitrogen and oxygen atoms in total. The number of hydrogen-bond acceptors (Lipinski definition) is 10. The second-order valence-corrected chi connectivity index (χ2v) is 8.74. The number of thioether (sulfide) groups is 1. The Balaban J connectivity index is 1.36. The van der Waals surface area contributed by atoms with Gasteiger partial charge in [0.25, 0.3) is 5.22 Å². The van der Waals surface area contributed by atoms with Gasteiger partial charge in [-0.3, -0.25) is 0 Å². The predicted octanol–water partition coefficient (Wildman–Crippen LogP) is 4.59. The van der Waals surface area contributed by atoms with Crippen molar-refractivity contribution < 1.29 is 8.94 Å². The summed E-state index contributed by atoms with van der Waals surface area (Å²) in [6, 6.07) is 1.96. The fourth-order valence-corrected chi connectivity index (χ4v) is 4.56. The second-order valence-electron chi connectivity index (χ2n) is 4.93. The van der Waals surface area contributed by atoms with Crippen LogP contribution in [0.1, 0.15) is 22.5 Å². The van der Waals surface area contributed by atoms with E-state index < -0.39 is 0 Å². The molecule has 0 aromatic carbocycles.